The Bertz CT molecular complexity index is 1250. The van der Waals surface area contributed by atoms with Crippen molar-refractivity contribution < 1.29 is 19.4 Å². The number of carbonyl (C=O) groups excluding carboxylic acids is 1. The van der Waals surface area contributed by atoms with Gasteiger partial charge in [0.15, 0.2) is 23.2 Å². The van der Waals surface area contributed by atoms with E-state index >= 15 is 0 Å². The number of likely N-dealkylation sites (N-methyl/N-ethyl adjacent to an activating group) is 1. The Balaban J connectivity index is 1.54. The number of hydrogen-bond donors (Lipinski definition) is 4. The van der Waals surface area contributed by atoms with Crippen molar-refractivity contribution in [2.75, 3.05) is 59.8 Å². The Labute approximate surface area is 234 Å². The van der Waals surface area contributed by atoms with Crippen LogP contribution in [0.2, 0.25) is 0 Å². The average Bonchev–Trinajstić information content (AvgIpc) is 3.50. The summed E-state index contributed by atoms with van der Waals surface area (Å²) in [4.78, 5) is 30.5. The lowest BCUT2D eigenvalue weighted by Gasteiger charge is -2.27. The number of aromatic nitrogens is 4. The summed E-state index contributed by atoms with van der Waals surface area (Å²) in [6, 6.07) is 5.93. The van der Waals surface area contributed by atoms with Gasteiger partial charge in [0.25, 0.3) is 0 Å². The molecule has 0 aliphatic carbocycles. The minimum atomic E-state index is -1.07. The van der Waals surface area contributed by atoms with Crippen molar-refractivity contribution in [3.05, 3.63) is 42.5 Å². The average molecular weight is 556 g/mol. The minimum absolute atomic E-state index is 0.341. The standard InChI is InChI=1S/C27H41N9O4/c1-29-11-6-12-35(4)14-20-21(33-26(38)19(28)13-17-7-9-18(39-5)10-8-17)23(37)27(40-20)36-16-32-22-24(34(2)3)30-15-31-25(22)36/h7-10,15-16,19-21,23,27,29,37H,6,11-14,28H2,1-5H3,(H,33,38)/t19-,20+,21+,23+,27+/m0/s1. The quantitative estimate of drug-likeness (QED) is 0.206. The van der Waals surface area contributed by atoms with Crippen LogP contribution in [0, 0.1) is 0 Å². The second-order valence-electron chi connectivity index (χ2n) is 10.4. The van der Waals surface area contributed by atoms with Crippen LogP contribution < -0.4 is 26.0 Å². The molecule has 1 saturated heterocycles. The third kappa shape index (κ3) is 6.67. The SMILES string of the molecule is CNCCCN(C)C[C@H]1O[C@@H](n2cnc3c(N(C)C)ncnc32)[C@H](O)[C@@H]1NC(=O)[C@@H](N)Cc1ccc(OC)cc1. The number of nitrogens with two attached hydrogens (primary N) is 1. The Kier molecular flexibility index (Phi) is 9.87. The first kappa shape index (κ1) is 29.6. The summed E-state index contributed by atoms with van der Waals surface area (Å²) >= 11 is 0. The number of imidazole rings is 1. The van der Waals surface area contributed by atoms with Crippen LogP contribution in [0.15, 0.2) is 36.9 Å². The zero-order chi connectivity index (χ0) is 28.8. The molecular formula is C27H41N9O4. The molecule has 0 saturated carbocycles. The third-order valence-electron chi connectivity index (χ3n) is 7.13. The van der Waals surface area contributed by atoms with Crippen LogP contribution in [-0.4, -0.2) is 115 Å². The number of anilines is 1. The number of benzene rings is 1. The van der Waals surface area contributed by atoms with E-state index in [1.165, 1.54) is 6.33 Å². The van der Waals surface area contributed by atoms with E-state index in [4.69, 9.17) is 15.2 Å². The number of hydrogen-bond acceptors (Lipinski definition) is 11. The molecule has 5 atom stereocenters. The van der Waals surface area contributed by atoms with Crippen molar-refractivity contribution in [2.45, 2.75) is 43.4 Å². The maximum Gasteiger partial charge on any atom is 0.237 e. The number of nitrogens with one attached hydrogen (secondary N) is 2. The third-order valence-corrected chi connectivity index (χ3v) is 7.13. The van der Waals surface area contributed by atoms with Gasteiger partial charge in [0.2, 0.25) is 5.91 Å². The molecule has 40 heavy (non-hydrogen) atoms. The topological polar surface area (TPSA) is 156 Å². The summed E-state index contributed by atoms with van der Waals surface area (Å²) in [5.41, 5.74) is 8.34. The summed E-state index contributed by atoms with van der Waals surface area (Å²) < 4.78 is 13.3. The fourth-order valence-electron chi connectivity index (χ4n) is 4.96. The Morgan fingerprint density at radius 1 is 1.23 bits per heavy atom. The molecule has 3 heterocycles. The molecule has 1 aliphatic heterocycles. The highest BCUT2D eigenvalue weighted by atomic mass is 16.5. The molecule has 0 radical (unpaired) electrons. The van der Waals surface area contributed by atoms with Crippen LogP contribution >= 0.6 is 0 Å². The number of fused-ring (bicyclic) bond motifs is 1. The van der Waals surface area contributed by atoms with E-state index < -0.39 is 30.5 Å². The van der Waals surface area contributed by atoms with E-state index in [9.17, 15) is 9.90 Å². The van der Waals surface area contributed by atoms with E-state index in [-0.39, 0.29) is 5.91 Å². The number of carbonyl (C=O) groups is 1. The van der Waals surface area contributed by atoms with E-state index in [0.29, 0.717) is 29.9 Å². The number of aliphatic hydroxyl groups excluding tert-OH is 1. The van der Waals surface area contributed by atoms with Gasteiger partial charge in [0.05, 0.1) is 31.6 Å². The van der Waals surface area contributed by atoms with Crippen LogP contribution in [0.4, 0.5) is 5.82 Å². The molecule has 1 aliphatic rings. The lowest BCUT2D eigenvalue weighted by Crippen LogP contribution is -2.54. The van der Waals surface area contributed by atoms with Gasteiger partial charge in [-0.1, -0.05) is 12.1 Å². The maximum absolute atomic E-state index is 13.2. The molecule has 0 unspecified atom stereocenters. The first-order chi connectivity index (χ1) is 19.2. The monoisotopic (exact) mass is 555 g/mol. The van der Waals surface area contributed by atoms with Gasteiger partial charge in [0, 0.05) is 20.6 Å². The zero-order valence-corrected chi connectivity index (χ0v) is 23.8. The normalized spacial score (nSPS) is 21.6. The second-order valence-corrected chi connectivity index (χ2v) is 10.4. The smallest absolute Gasteiger partial charge is 0.237 e. The van der Waals surface area contributed by atoms with Gasteiger partial charge < -0.3 is 40.7 Å². The lowest BCUT2D eigenvalue weighted by atomic mass is 10.0. The highest BCUT2D eigenvalue weighted by molar-refractivity contribution is 5.83. The molecule has 13 nitrogen and oxygen atoms in total. The first-order valence-corrected chi connectivity index (χ1v) is 13.4. The van der Waals surface area contributed by atoms with Crippen molar-refractivity contribution in [1.29, 1.82) is 0 Å². The summed E-state index contributed by atoms with van der Waals surface area (Å²) in [6.45, 7) is 2.21. The van der Waals surface area contributed by atoms with Gasteiger partial charge in [-0.2, -0.15) is 0 Å². The van der Waals surface area contributed by atoms with Crippen LogP contribution in [0.1, 0.15) is 18.2 Å². The van der Waals surface area contributed by atoms with Gasteiger partial charge in [-0.3, -0.25) is 9.36 Å². The van der Waals surface area contributed by atoms with Crippen LogP contribution in [0.25, 0.3) is 11.2 Å². The Morgan fingerprint density at radius 2 is 1.98 bits per heavy atom. The minimum Gasteiger partial charge on any atom is -0.497 e. The number of nitrogens with zero attached hydrogens (tertiary/aromatic N) is 6. The van der Waals surface area contributed by atoms with Crippen molar-refractivity contribution in [1.82, 2.24) is 35.1 Å². The van der Waals surface area contributed by atoms with Crippen LogP contribution in [0.3, 0.4) is 0 Å². The lowest BCUT2D eigenvalue weighted by molar-refractivity contribution is -0.124. The van der Waals surface area contributed by atoms with Crippen molar-refractivity contribution in [2.24, 2.45) is 5.73 Å². The number of amides is 1. The Morgan fingerprint density at radius 3 is 2.65 bits per heavy atom. The molecule has 0 spiro atoms. The van der Waals surface area contributed by atoms with Gasteiger partial charge in [-0.15, -0.1) is 0 Å². The van der Waals surface area contributed by atoms with Gasteiger partial charge in [-0.25, -0.2) is 15.0 Å². The summed E-state index contributed by atoms with van der Waals surface area (Å²) in [7, 11) is 9.27. The zero-order valence-electron chi connectivity index (χ0n) is 23.8. The number of rotatable bonds is 13. The molecule has 4 rings (SSSR count). The number of methoxy groups -OCH3 is 1. The van der Waals surface area contributed by atoms with Crippen LogP contribution in [-0.2, 0) is 16.0 Å². The number of aliphatic hydroxyl groups is 1. The molecule has 218 valence electrons. The second kappa shape index (κ2) is 13.3. The fraction of sp³-hybridized carbons (Fsp3) is 0.556. The highest BCUT2D eigenvalue weighted by Gasteiger charge is 2.46. The van der Waals surface area contributed by atoms with E-state index in [2.05, 4.69) is 30.5 Å². The molecule has 3 aromatic rings. The van der Waals surface area contributed by atoms with Gasteiger partial charge in [-0.05, 0) is 57.7 Å². The molecule has 0 bridgehead atoms. The predicted molar refractivity (Wildman–Crippen MR) is 152 cm³/mol. The first-order valence-electron chi connectivity index (χ1n) is 13.4. The summed E-state index contributed by atoms with van der Waals surface area (Å²) in [5.74, 6) is 1.03. The summed E-state index contributed by atoms with van der Waals surface area (Å²) in [5, 5.41) is 17.6. The number of ether oxygens (including phenoxy) is 2. The fourth-order valence-corrected chi connectivity index (χ4v) is 4.96. The largest absolute Gasteiger partial charge is 0.497 e. The van der Waals surface area contributed by atoms with Crippen molar-refractivity contribution in [3.8, 4) is 5.75 Å². The van der Waals surface area contributed by atoms with E-state index in [1.54, 1.807) is 18.0 Å². The van der Waals surface area contributed by atoms with Crippen LogP contribution in [0.5, 0.6) is 5.75 Å². The van der Waals surface area contributed by atoms with E-state index in [1.807, 2.05) is 57.4 Å². The molecule has 5 N–H and O–H groups in total. The van der Waals surface area contributed by atoms with Gasteiger partial charge >= 0.3 is 0 Å². The molecule has 1 aromatic carbocycles. The molecule has 1 fully saturated rings. The van der Waals surface area contributed by atoms with Crippen molar-refractivity contribution in [3.63, 3.8) is 0 Å². The molecule has 13 heteroatoms. The van der Waals surface area contributed by atoms with Gasteiger partial charge in [0.1, 0.15) is 18.2 Å². The highest BCUT2D eigenvalue weighted by Crippen LogP contribution is 2.33. The van der Waals surface area contributed by atoms with Crippen molar-refractivity contribution >= 4 is 22.9 Å². The molecule has 2 aromatic heterocycles. The maximum atomic E-state index is 13.2. The Hall–Kier alpha value is -3.36. The molecule has 1 amide bonds. The molecular weight excluding hydrogens is 514 g/mol. The van der Waals surface area contributed by atoms with E-state index in [0.717, 1.165) is 30.8 Å². The summed E-state index contributed by atoms with van der Waals surface area (Å²) in [6.07, 6.45) is 1.97. The predicted octanol–water partition coefficient (Wildman–Crippen LogP) is -0.245.